The molecule has 0 aromatic carbocycles. The fourth-order valence-electron chi connectivity index (χ4n) is 1.66. The molecule has 0 aliphatic carbocycles. The molecule has 0 radical (unpaired) electrons. The van der Waals surface area contributed by atoms with Crippen molar-refractivity contribution in [2.75, 3.05) is 0 Å². The highest BCUT2D eigenvalue weighted by Crippen LogP contribution is 2.17. The third kappa shape index (κ3) is 4.21. The van der Waals surface area contributed by atoms with E-state index in [1.807, 2.05) is 6.92 Å². The first kappa shape index (κ1) is 15.4. The molecule has 1 aromatic heterocycles. The molecule has 0 amide bonds. The van der Waals surface area contributed by atoms with Crippen molar-refractivity contribution in [1.29, 1.82) is 0 Å². The number of rotatable bonds is 4. The molecular formula is C14H21NO4. The Morgan fingerprint density at radius 3 is 2.68 bits per heavy atom. The second-order valence-electron chi connectivity index (χ2n) is 5.47. The van der Waals surface area contributed by atoms with Crippen molar-refractivity contribution >= 4 is 5.97 Å². The Bertz CT molecular complexity index is 451. The minimum atomic E-state index is -1.24. The van der Waals surface area contributed by atoms with Crippen molar-refractivity contribution in [3.8, 4) is 0 Å². The summed E-state index contributed by atoms with van der Waals surface area (Å²) in [6.45, 7) is 7.01. The maximum atomic E-state index is 11.6. The van der Waals surface area contributed by atoms with Gasteiger partial charge in [0.25, 0.3) is 0 Å². The van der Waals surface area contributed by atoms with Crippen LogP contribution in [0.25, 0.3) is 0 Å². The molecule has 1 heterocycles. The number of aromatic nitrogens is 1. The van der Waals surface area contributed by atoms with Gasteiger partial charge in [-0.3, -0.25) is 4.79 Å². The number of aliphatic hydroxyl groups is 1. The Morgan fingerprint density at radius 1 is 1.53 bits per heavy atom. The number of carbonyl (C=O) groups is 1. The minimum Gasteiger partial charge on any atom is -0.618 e. The number of hydrogen-bond acceptors (Lipinski definition) is 4. The molecule has 0 spiro atoms. The Hall–Kier alpha value is -1.62. The van der Waals surface area contributed by atoms with Crippen molar-refractivity contribution in [3.63, 3.8) is 0 Å². The van der Waals surface area contributed by atoms with Crippen LogP contribution < -0.4 is 4.73 Å². The Kier molecular flexibility index (Phi) is 4.89. The highest BCUT2D eigenvalue weighted by Gasteiger charge is 2.26. The number of esters is 1. The van der Waals surface area contributed by atoms with E-state index >= 15 is 0 Å². The summed E-state index contributed by atoms with van der Waals surface area (Å²) in [6, 6.07) is 3.36. The summed E-state index contributed by atoms with van der Waals surface area (Å²) in [5, 5.41) is 21.4. The molecule has 106 valence electrons. The number of hydrogen-bond donors (Lipinski definition) is 1. The number of nitrogens with zero attached hydrogens (tertiary/aromatic N) is 1. The number of carbonyl (C=O) groups excluding carboxylic acids is 1. The normalized spacial score (nSPS) is 13.1. The molecule has 1 aromatic rings. The lowest BCUT2D eigenvalue weighted by molar-refractivity contribution is -0.614. The fourth-order valence-corrected chi connectivity index (χ4v) is 1.66. The molecule has 0 fully saturated rings. The van der Waals surface area contributed by atoms with Gasteiger partial charge in [-0.1, -0.05) is 6.92 Å². The standard InChI is InChI=1S/C14H21NO4/c1-5-11-10(7-6-8-15(11)18)9-12(16)19-13(17)14(2,3)4/h6-8,12,16H,5,9H2,1-4H3. The highest BCUT2D eigenvalue weighted by molar-refractivity contribution is 5.75. The SMILES string of the molecule is CCc1c(CC(O)OC(=O)C(C)(C)C)ccc[n+]1[O-]. The van der Waals surface area contributed by atoms with Crippen LogP contribution in [0.4, 0.5) is 0 Å². The molecule has 1 atom stereocenters. The molecule has 1 rings (SSSR count). The lowest BCUT2D eigenvalue weighted by atomic mass is 9.97. The van der Waals surface area contributed by atoms with Gasteiger partial charge in [-0.05, 0) is 26.8 Å². The Balaban J connectivity index is 2.75. The lowest BCUT2D eigenvalue weighted by Gasteiger charge is -2.20. The predicted molar refractivity (Wildman–Crippen MR) is 70.0 cm³/mol. The molecule has 0 saturated carbocycles. The van der Waals surface area contributed by atoms with E-state index in [2.05, 4.69) is 0 Å². The van der Waals surface area contributed by atoms with Crippen LogP contribution in [0.2, 0.25) is 0 Å². The van der Waals surface area contributed by atoms with Gasteiger partial charge >= 0.3 is 5.97 Å². The maximum absolute atomic E-state index is 11.6. The van der Waals surface area contributed by atoms with Crippen molar-refractivity contribution in [2.45, 2.75) is 46.8 Å². The molecule has 19 heavy (non-hydrogen) atoms. The maximum Gasteiger partial charge on any atom is 0.313 e. The predicted octanol–water partition coefficient (Wildman–Crippen LogP) is 1.33. The second-order valence-corrected chi connectivity index (χ2v) is 5.47. The third-order valence-electron chi connectivity index (χ3n) is 2.74. The first-order valence-electron chi connectivity index (χ1n) is 6.34. The van der Waals surface area contributed by atoms with E-state index in [0.717, 1.165) is 4.73 Å². The fraction of sp³-hybridized carbons (Fsp3) is 0.571. The van der Waals surface area contributed by atoms with Crippen LogP contribution in [-0.2, 0) is 22.4 Å². The van der Waals surface area contributed by atoms with Crippen molar-refractivity contribution in [1.82, 2.24) is 0 Å². The van der Waals surface area contributed by atoms with Gasteiger partial charge in [0, 0.05) is 24.5 Å². The summed E-state index contributed by atoms with van der Waals surface area (Å²) in [5.74, 6) is -0.469. The zero-order chi connectivity index (χ0) is 14.6. The lowest BCUT2D eigenvalue weighted by Crippen LogP contribution is -2.34. The van der Waals surface area contributed by atoms with Crippen LogP contribution in [0.1, 0.15) is 39.0 Å². The highest BCUT2D eigenvalue weighted by atomic mass is 16.6. The molecule has 0 saturated heterocycles. The van der Waals surface area contributed by atoms with E-state index in [9.17, 15) is 15.1 Å². The molecule has 0 bridgehead atoms. The van der Waals surface area contributed by atoms with Crippen molar-refractivity contribution in [2.24, 2.45) is 5.41 Å². The topological polar surface area (TPSA) is 73.5 Å². The Morgan fingerprint density at radius 2 is 2.16 bits per heavy atom. The van der Waals surface area contributed by atoms with Crippen LogP contribution in [0, 0.1) is 10.6 Å². The van der Waals surface area contributed by atoms with Crippen molar-refractivity contribution in [3.05, 3.63) is 34.8 Å². The summed E-state index contributed by atoms with van der Waals surface area (Å²) in [5.41, 5.74) is 0.603. The summed E-state index contributed by atoms with van der Waals surface area (Å²) in [4.78, 5) is 11.6. The van der Waals surface area contributed by atoms with Crippen LogP contribution in [0.5, 0.6) is 0 Å². The van der Waals surface area contributed by atoms with E-state index in [0.29, 0.717) is 17.7 Å². The summed E-state index contributed by atoms with van der Waals surface area (Å²) >= 11 is 0. The molecule has 0 aliphatic rings. The molecule has 1 N–H and O–H groups in total. The number of pyridine rings is 1. The van der Waals surface area contributed by atoms with Gasteiger partial charge in [-0.2, -0.15) is 4.73 Å². The first-order valence-corrected chi connectivity index (χ1v) is 6.34. The third-order valence-corrected chi connectivity index (χ3v) is 2.74. The van der Waals surface area contributed by atoms with E-state index in [1.54, 1.807) is 32.9 Å². The molecule has 5 heteroatoms. The smallest absolute Gasteiger partial charge is 0.313 e. The van der Waals surface area contributed by atoms with E-state index in [4.69, 9.17) is 4.74 Å². The summed E-state index contributed by atoms with van der Waals surface area (Å²) < 4.78 is 5.73. The van der Waals surface area contributed by atoms with E-state index in [-0.39, 0.29) is 6.42 Å². The summed E-state index contributed by atoms with van der Waals surface area (Å²) in [6.07, 6.45) is 0.850. The van der Waals surface area contributed by atoms with E-state index in [1.165, 1.54) is 6.20 Å². The zero-order valence-corrected chi connectivity index (χ0v) is 11.8. The average molecular weight is 267 g/mol. The van der Waals surface area contributed by atoms with Gasteiger partial charge in [-0.25, -0.2) is 0 Å². The zero-order valence-electron chi connectivity index (χ0n) is 11.8. The largest absolute Gasteiger partial charge is 0.618 e. The van der Waals surface area contributed by atoms with Gasteiger partial charge in [0.15, 0.2) is 11.9 Å². The monoisotopic (exact) mass is 267 g/mol. The van der Waals surface area contributed by atoms with Gasteiger partial charge in [-0.15, -0.1) is 0 Å². The van der Waals surface area contributed by atoms with Crippen LogP contribution in [0.15, 0.2) is 18.3 Å². The minimum absolute atomic E-state index is 0.119. The van der Waals surface area contributed by atoms with Crippen LogP contribution >= 0.6 is 0 Å². The molecular weight excluding hydrogens is 246 g/mol. The van der Waals surface area contributed by atoms with Gasteiger partial charge < -0.3 is 15.1 Å². The molecule has 5 nitrogen and oxygen atoms in total. The average Bonchev–Trinajstić information content (AvgIpc) is 2.27. The van der Waals surface area contributed by atoms with Gasteiger partial charge in [0.2, 0.25) is 6.29 Å². The van der Waals surface area contributed by atoms with E-state index < -0.39 is 17.7 Å². The van der Waals surface area contributed by atoms with Gasteiger partial charge in [0.05, 0.1) is 5.41 Å². The van der Waals surface area contributed by atoms with Crippen LogP contribution in [0.3, 0.4) is 0 Å². The quantitative estimate of drug-likeness (QED) is 0.386. The first-order chi connectivity index (χ1) is 8.75. The molecule has 1 unspecified atom stereocenters. The Labute approximate surface area is 113 Å². The second kappa shape index (κ2) is 6.02. The van der Waals surface area contributed by atoms with Crippen LogP contribution in [-0.4, -0.2) is 17.4 Å². The van der Waals surface area contributed by atoms with Gasteiger partial charge in [0.1, 0.15) is 0 Å². The molecule has 0 aliphatic heterocycles. The number of aliphatic hydroxyl groups excluding tert-OH is 1. The van der Waals surface area contributed by atoms with Crippen molar-refractivity contribution < 1.29 is 19.4 Å². The number of ether oxygens (including phenoxy) is 1. The summed E-state index contributed by atoms with van der Waals surface area (Å²) in [7, 11) is 0.